The van der Waals surface area contributed by atoms with Crippen LogP contribution < -0.4 is 4.74 Å². The van der Waals surface area contributed by atoms with Gasteiger partial charge in [0.25, 0.3) is 0 Å². The number of pyridine rings is 1. The lowest BCUT2D eigenvalue weighted by Gasteiger charge is -2.07. The summed E-state index contributed by atoms with van der Waals surface area (Å²) in [5.41, 5.74) is 0.591. The highest BCUT2D eigenvalue weighted by Crippen LogP contribution is 2.25. The van der Waals surface area contributed by atoms with E-state index >= 15 is 0 Å². The summed E-state index contributed by atoms with van der Waals surface area (Å²) in [6.07, 6.45) is 4.40. The number of hydrogen-bond acceptors (Lipinski definition) is 3. The molecule has 3 nitrogen and oxygen atoms in total. The van der Waals surface area contributed by atoms with Crippen LogP contribution in [-0.2, 0) is 0 Å². The Morgan fingerprint density at radius 3 is 2.94 bits per heavy atom. The minimum absolute atomic E-state index is 0.0713. The van der Waals surface area contributed by atoms with E-state index in [2.05, 4.69) is 4.98 Å². The van der Waals surface area contributed by atoms with Gasteiger partial charge in [0.1, 0.15) is 5.75 Å². The number of benzene rings is 1. The lowest BCUT2D eigenvalue weighted by molar-refractivity contribution is 0.440. The van der Waals surface area contributed by atoms with E-state index in [1.807, 2.05) is 6.07 Å². The van der Waals surface area contributed by atoms with Gasteiger partial charge in [0.05, 0.1) is 18.7 Å². The molecule has 0 amide bonds. The molecule has 0 atom stereocenters. The summed E-state index contributed by atoms with van der Waals surface area (Å²) in [5, 5.41) is 8.52. The molecule has 0 saturated carbocycles. The van der Waals surface area contributed by atoms with Gasteiger partial charge in [0, 0.05) is 6.20 Å². The Kier molecular flexibility index (Phi) is 3.31. The van der Waals surface area contributed by atoms with Crippen LogP contribution in [0.3, 0.4) is 0 Å². The smallest absolute Gasteiger partial charge is 0.165 e. The predicted octanol–water partition coefficient (Wildman–Crippen LogP) is 3.09. The molecule has 0 saturated heterocycles. The molecular weight excluding hydrogens is 219 g/mol. The summed E-state index contributed by atoms with van der Waals surface area (Å²) in [6.45, 7) is 0. The molecule has 0 aliphatic rings. The number of ether oxygens (including phenoxy) is 1. The van der Waals surface area contributed by atoms with Gasteiger partial charge in [-0.1, -0.05) is 6.07 Å². The Bertz CT molecular complexity index is 549. The number of rotatable bonds is 3. The van der Waals surface area contributed by atoms with E-state index in [-0.39, 0.29) is 5.75 Å². The molecule has 1 heterocycles. The average Bonchev–Trinajstić information content (AvgIpc) is 2.35. The summed E-state index contributed by atoms with van der Waals surface area (Å²) < 4.78 is 18.8. The van der Waals surface area contributed by atoms with Crippen molar-refractivity contribution in [1.29, 1.82) is 5.26 Å². The second-order valence-electron chi connectivity index (χ2n) is 3.25. The van der Waals surface area contributed by atoms with Gasteiger partial charge < -0.3 is 4.74 Å². The van der Waals surface area contributed by atoms with Crippen LogP contribution in [0.2, 0.25) is 0 Å². The van der Waals surface area contributed by atoms with Gasteiger partial charge in [-0.3, -0.25) is 4.98 Å². The van der Waals surface area contributed by atoms with Crippen molar-refractivity contribution in [3.8, 4) is 17.6 Å². The van der Waals surface area contributed by atoms with Gasteiger partial charge in [-0.05, 0) is 29.8 Å². The van der Waals surface area contributed by atoms with E-state index in [9.17, 15) is 4.39 Å². The lowest BCUT2D eigenvalue weighted by atomic mass is 10.1. The molecule has 83 valence electrons. The van der Waals surface area contributed by atoms with E-state index in [1.165, 1.54) is 30.8 Å². The minimum atomic E-state index is -0.482. The first kappa shape index (κ1) is 11.1. The summed E-state index contributed by atoms with van der Waals surface area (Å²) in [4.78, 5) is 3.86. The highest BCUT2D eigenvalue weighted by Gasteiger charge is 2.06. The molecule has 0 spiro atoms. The van der Waals surface area contributed by atoms with Crippen LogP contribution in [-0.4, -0.2) is 4.98 Å². The predicted molar refractivity (Wildman–Crippen MR) is 59.7 cm³/mol. The Labute approximate surface area is 98.1 Å². The number of hydrogen-bond donors (Lipinski definition) is 0. The van der Waals surface area contributed by atoms with Crippen molar-refractivity contribution in [2.45, 2.75) is 0 Å². The summed E-state index contributed by atoms with van der Waals surface area (Å²) in [5.74, 6) is 0.0338. The van der Waals surface area contributed by atoms with Crippen molar-refractivity contribution in [2.75, 3.05) is 0 Å². The minimum Gasteiger partial charge on any atom is -0.453 e. The topological polar surface area (TPSA) is 45.9 Å². The molecule has 2 rings (SSSR count). The van der Waals surface area contributed by atoms with Crippen LogP contribution in [0, 0.1) is 23.6 Å². The molecule has 4 heteroatoms. The second-order valence-corrected chi connectivity index (χ2v) is 3.25. The molecule has 2 aromatic rings. The molecular formula is C13H8FN2O. The van der Waals surface area contributed by atoms with Gasteiger partial charge in [-0.25, -0.2) is 4.39 Å². The highest BCUT2D eigenvalue weighted by molar-refractivity contribution is 5.39. The first-order chi connectivity index (χ1) is 8.29. The number of aromatic nitrogens is 1. The van der Waals surface area contributed by atoms with Gasteiger partial charge in [0.15, 0.2) is 11.6 Å². The maximum atomic E-state index is 13.5. The maximum Gasteiger partial charge on any atom is 0.165 e. The molecule has 0 bridgehead atoms. The van der Waals surface area contributed by atoms with Crippen LogP contribution in [0.25, 0.3) is 0 Å². The molecule has 0 aliphatic carbocycles. The van der Waals surface area contributed by atoms with E-state index in [4.69, 9.17) is 10.00 Å². The Morgan fingerprint density at radius 2 is 2.24 bits per heavy atom. The normalized spacial score (nSPS) is 9.65. The average molecular weight is 227 g/mol. The van der Waals surface area contributed by atoms with E-state index in [1.54, 1.807) is 18.3 Å². The number of halogens is 1. The third-order valence-electron chi connectivity index (χ3n) is 2.05. The van der Waals surface area contributed by atoms with Crippen molar-refractivity contribution in [3.63, 3.8) is 0 Å². The van der Waals surface area contributed by atoms with Crippen molar-refractivity contribution < 1.29 is 9.13 Å². The molecule has 0 aliphatic heterocycles. The highest BCUT2D eigenvalue weighted by atomic mass is 19.1. The molecule has 1 aromatic heterocycles. The zero-order valence-corrected chi connectivity index (χ0v) is 8.80. The zero-order chi connectivity index (χ0) is 12.1. The number of nitriles is 1. The van der Waals surface area contributed by atoms with Crippen LogP contribution >= 0.6 is 0 Å². The van der Waals surface area contributed by atoms with Crippen molar-refractivity contribution in [3.05, 3.63) is 60.5 Å². The van der Waals surface area contributed by atoms with Gasteiger partial charge in [-0.2, -0.15) is 5.26 Å². The maximum absolute atomic E-state index is 13.5. The van der Waals surface area contributed by atoms with Crippen LogP contribution in [0.4, 0.5) is 4.39 Å². The standard InChI is InChI=1S/C13H8FN2O/c14-12-4-3-10(5-6-15)8-13(12)17-11-2-1-7-16-9-11/h1-5,7-9H. The lowest BCUT2D eigenvalue weighted by Crippen LogP contribution is -1.90. The molecule has 17 heavy (non-hydrogen) atoms. The van der Waals surface area contributed by atoms with Crippen LogP contribution in [0.1, 0.15) is 5.56 Å². The monoisotopic (exact) mass is 227 g/mol. The Morgan fingerprint density at radius 1 is 1.35 bits per heavy atom. The molecule has 0 unspecified atom stereocenters. The van der Waals surface area contributed by atoms with Gasteiger partial charge in [-0.15, -0.1) is 0 Å². The van der Waals surface area contributed by atoms with Crippen molar-refractivity contribution in [1.82, 2.24) is 4.98 Å². The van der Waals surface area contributed by atoms with Crippen molar-refractivity contribution in [2.24, 2.45) is 0 Å². The third kappa shape index (κ3) is 2.79. The largest absolute Gasteiger partial charge is 0.453 e. The fourth-order valence-corrected chi connectivity index (χ4v) is 1.30. The SMILES string of the molecule is N#C[CH]c1ccc(F)c(Oc2cccnc2)c1. The molecule has 1 aromatic carbocycles. The molecule has 0 fully saturated rings. The van der Waals surface area contributed by atoms with Crippen molar-refractivity contribution >= 4 is 0 Å². The molecule has 1 radical (unpaired) electrons. The van der Waals surface area contributed by atoms with Crippen LogP contribution in [0.15, 0.2) is 42.7 Å². The summed E-state index contributed by atoms with van der Waals surface area (Å²) in [7, 11) is 0. The Hall–Kier alpha value is -2.41. The number of nitrogens with zero attached hydrogens (tertiary/aromatic N) is 2. The fraction of sp³-hybridized carbons (Fsp3) is 0. The van der Waals surface area contributed by atoms with Crippen LogP contribution in [0.5, 0.6) is 11.5 Å². The molecule has 0 N–H and O–H groups in total. The quantitative estimate of drug-likeness (QED) is 0.809. The summed E-state index contributed by atoms with van der Waals surface area (Å²) >= 11 is 0. The summed E-state index contributed by atoms with van der Waals surface area (Å²) in [6, 6.07) is 9.48. The second kappa shape index (κ2) is 5.08. The zero-order valence-electron chi connectivity index (χ0n) is 8.80. The Balaban J connectivity index is 2.26. The van der Waals surface area contributed by atoms with Gasteiger partial charge >= 0.3 is 0 Å². The van der Waals surface area contributed by atoms with E-state index < -0.39 is 5.82 Å². The van der Waals surface area contributed by atoms with E-state index in [0.717, 1.165) is 0 Å². The first-order valence-electron chi connectivity index (χ1n) is 4.90. The first-order valence-corrected chi connectivity index (χ1v) is 4.90. The van der Waals surface area contributed by atoms with Gasteiger partial charge in [0.2, 0.25) is 0 Å². The fourth-order valence-electron chi connectivity index (χ4n) is 1.30. The van der Waals surface area contributed by atoms with E-state index in [0.29, 0.717) is 11.3 Å². The third-order valence-corrected chi connectivity index (χ3v) is 2.05.